The smallest absolute Gasteiger partial charge is 0.243 e. The monoisotopic (exact) mass is 429 g/mol. The molecular weight excluding hydrogens is 402 g/mol. The lowest BCUT2D eigenvalue weighted by atomic mass is 9.78. The first kappa shape index (κ1) is 20.7. The Bertz CT molecular complexity index is 1070. The molecule has 0 aromatic heterocycles. The number of rotatable bonds is 4. The number of piperazine rings is 1. The van der Waals surface area contributed by atoms with Gasteiger partial charge in [0.2, 0.25) is 15.9 Å². The first-order valence-corrected chi connectivity index (χ1v) is 11.5. The summed E-state index contributed by atoms with van der Waals surface area (Å²) in [5, 5.41) is 2.84. The van der Waals surface area contributed by atoms with Gasteiger partial charge < -0.3 is 15.0 Å². The molecule has 2 aliphatic rings. The van der Waals surface area contributed by atoms with E-state index in [1.54, 1.807) is 25.3 Å². The molecule has 0 spiro atoms. The number of amides is 1. The molecule has 0 unspecified atom stereocenters. The van der Waals surface area contributed by atoms with Gasteiger partial charge in [-0.25, -0.2) is 8.42 Å². The number of benzene rings is 2. The van der Waals surface area contributed by atoms with E-state index in [0.29, 0.717) is 38.3 Å². The largest absolute Gasteiger partial charge is 0.495 e. The van der Waals surface area contributed by atoms with Crippen LogP contribution in [0.2, 0.25) is 0 Å². The van der Waals surface area contributed by atoms with Crippen molar-refractivity contribution in [2.24, 2.45) is 0 Å². The summed E-state index contributed by atoms with van der Waals surface area (Å²) < 4.78 is 33.6. The zero-order valence-electron chi connectivity index (χ0n) is 17.5. The Morgan fingerprint density at radius 3 is 2.43 bits per heavy atom. The van der Waals surface area contributed by atoms with Gasteiger partial charge in [-0.3, -0.25) is 4.79 Å². The molecule has 1 saturated heterocycles. The van der Waals surface area contributed by atoms with Crippen molar-refractivity contribution >= 4 is 27.3 Å². The fraction of sp³-hybridized carbons (Fsp3) is 0.409. The summed E-state index contributed by atoms with van der Waals surface area (Å²) in [4.78, 5) is 14.3. The summed E-state index contributed by atoms with van der Waals surface area (Å²) in [5.41, 5.74) is 2.11. The van der Waals surface area contributed by atoms with Crippen molar-refractivity contribution in [1.82, 2.24) is 4.31 Å². The van der Waals surface area contributed by atoms with E-state index in [1.165, 1.54) is 4.31 Å². The molecule has 1 amide bonds. The van der Waals surface area contributed by atoms with Crippen molar-refractivity contribution in [2.75, 3.05) is 43.5 Å². The number of hydrogen-bond acceptors (Lipinski definition) is 5. The highest BCUT2D eigenvalue weighted by molar-refractivity contribution is 7.89. The molecule has 1 N–H and O–H groups in total. The molecule has 0 bridgehead atoms. The fourth-order valence-corrected chi connectivity index (χ4v) is 5.70. The van der Waals surface area contributed by atoms with Gasteiger partial charge in [-0.05, 0) is 35.9 Å². The van der Waals surface area contributed by atoms with E-state index in [9.17, 15) is 13.2 Å². The average Bonchev–Trinajstić information content (AvgIpc) is 2.73. The molecule has 8 heteroatoms. The van der Waals surface area contributed by atoms with E-state index in [4.69, 9.17) is 4.74 Å². The second kappa shape index (κ2) is 7.59. The summed E-state index contributed by atoms with van der Waals surface area (Å²) >= 11 is 0. The number of methoxy groups -OCH3 is 1. The Labute approximate surface area is 177 Å². The van der Waals surface area contributed by atoms with E-state index >= 15 is 0 Å². The molecule has 4 rings (SSSR count). The number of para-hydroxylation sites is 2. The Morgan fingerprint density at radius 1 is 1.03 bits per heavy atom. The van der Waals surface area contributed by atoms with Gasteiger partial charge in [0.1, 0.15) is 5.75 Å². The third kappa shape index (κ3) is 3.65. The quantitative estimate of drug-likeness (QED) is 0.809. The van der Waals surface area contributed by atoms with Gasteiger partial charge in [-0.15, -0.1) is 0 Å². The van der Waals surface area contributed by atoms with Crippen molar-refractivity contribution < 1.29 is 17.9 Å². The lowest BCUT2D eigenvalue weighted by Gasteiger charge is -2.36. The maximum Gasteiger partial charge on any atom is 0.243 e. The number of sulfonamides is 1. The third-order valence-corrected chi connectivity index (χ3v) is 7.79. The maximum atomic E-state index is 13.3. The van der Waals surface area contributed by atoms with Gasteiger partial charge in [0.05, 0.1) is 17.7 Å². The first-order valence-electron chi connectivity index (χ1n) is 10.0. The number of ether oxygens (including phenoxy) is 1. The number of nitrogens with zero attached hydrogens (tertiary/aromatic N) is 2. The van der Waals surface area contributed by atoms with Crippen molar-refractivity contribution in [2.45, 2.75) is 30.6 Å². The van der Waals surface area contributed by atoms with Crippen LogP contribution in [0, 0.1) is 0 Å². The molecule has 2 heterocycles. The van der Waals surface area contributed by atoms with Crippen LogP contribution in [0.25, 0.3) is 0 Å². The second-order valence-corrected chi connectivity index (χ2v) is 10.3. The summed E-state index contributed by atoms with van der Waals surface area (Å²) in [7, 11) is -1.98. The molecule has 2 aromatic carbocycles. The molecular formula is C22H27N3O4S. The van der Waals surface area contributed by atoms with Crippen LogP contribution in [0.4, 0.5) is 11.4 Å². The van der Waals surface area contributed by atoms with Crippen LogP contribution >= 0.6 is 0 Å². The highest BCUT2D eigenvalue weighted by Crippen LogP contribution is 2.39. The second-order valence-electron chi connectivity index (χ2n) is 8.38. The van der Waals surface area contributed by atoms with Crippen LogP contribution in [-0.4, -0.2) is 51.9 Å². The molecule has 160 valence electrons. The van der Waals surface area contributed by atoms with Crippen molar-refractivity contribution in [3.05, 3.63) is 48.0 Å². The molecule has 7 nitrogen and oxygen atoms in total. The number of carbonyl (C=O) groups excluding carboxylic acids is 1. The van der Waals surface area contributed by atoms with Crippen LogP contribution < -0.4 is 15.0 Å². The molecule has 0 radical (unpaired) electrons. The molecule has 30 heavy (non-hydrogen) atoms. The highest BCUT2D eigenvalue weighted by atomic mass is 32.2. The van der Waals surface area contributed by atoms with Gasteiger partial charge in [0, 0.05) is 43.7 Å². The zero-order valence-corrected chi connectivity index (χ0v) is 18.3. The average molecular weight is 430 g/mol. The van der Waals surface area contributed by atoms with Gasteiger partial charge >= 0.3 is 0 Å². The van der Waals surface area contributed by atoms with E-state index < -0.39 is 15.4 Å². The van der Waals surface area contributed by atoms with Crippen LogP contribution in [0.5, 0.6) is 5.75 Å². The predicted molar refractivity (Wildman–Crippen MR) is 117 cm³/mol. The summed E-state index contributed by atoms with van der Waals surface area (Å²) in [6, 6.07) is 12.8. The van der Waals surface area contributed by atoms with Crippen LogP contribution in [-0.2, 0) is 20.2 Å². The van der Waals surface area contributed by atoms with Crippen molar-refractivity contribution in [3.63, 3.8) is 0 Å². The number of carbonyl (C=O) groups is 1. The summed E-state index contributed by atoms with van der Waals surface area (Å²) in [6.07, 6.45) is 0.334. The Kier molecular flexibility index (Phi) is 5.23. The van der Waals surface area contributed by atoms with Crippen molar-refractivity contribution in [1.29, 1.82) is 0 Å². The standard InChI is InChI=1S/C22H27N3O4S/c1-22(2)15-21(26)23-18-9-8-16(14-17(18)22)30(27,28)25-12-10-24(11-13-25)19-6-4-5-7-20(19)29-3/h4-9,14H,10-13,15H2,1-3H3,(H,23,26). The first-order chi connectivity index (χ1) is 14.2. The Balaban J connectivity index is 1.55. The molecule has 2 aromatic rings. The zero-order chi connectivity index (χ0) is 21.5. The fourth-order valence-electron chi connectivity index (χ4n) is 4.25. The van der Waals surface area contributed by atoms with E-state index in [1.807, 2.05) is 38.1 Å². The van der Waals surface area contributed by atoms with Gasteiger partial charge in [0.25, 0.3) is 0 Å². The molecule has 2 aliphatic heterocycles. The van der Waals surface area contributed by atoms with E-state index in [2.05, 4.69) is 10.2 Å². The molecule has 1 fully saturated rings. The minimum Gasteiger partial charge on any atom is -0.495 e. The van der Waals surface area contributed by atoms with Crippen LogP contribution in [0.15, 0.2) is 47.4 Å². The van der Waals surface area contributed by atoms with Crippen molar-refractivity contribution in [3.8, 4) is 5.75 Å². The third-order valence-electron chi connectivity index (χ3n) is 5.90. The summed E-state index contributed by atoms with van der Waals surface area (Å²) in [5.74, 6) is 0.739. The Morgan fingerprint density at radius 2 is 1.73 bits per heavy atom. The van der Waals surface area contributed by atoms with Gasteiger partial charge in [-0.2, -0.15) is 4.31 Å². The van der Waals surface area contributed by atoms with Crippen LogP contribution in [0.3, 0.4) is 0 Å². The van der Waals surface area contributed by atoms with Crippen LogP contribution in [0.1, 0.15) is 25.8 Å². The highest BCUT2D eigenvalue weighted by Gasteiger charge is 2.35. The van der Waals surface area contributed by atoms with E-state index in [-0.39, 0.29) is 10.8 Å². The topological polar surface area (TPSA) is 79.0 Å². The lowest BCUT2D eigenvalue weighted by molar-refractivity contribution is -0.117. The Hall–Kier alpha value is -2.58. The normalized spacial score (nSPS) is 19.2. The summed E-state index contributed by atoms with van der Waals surface area (Å²) in [6.45, 7) is 5.91. The SMILES string of the molecule is COc1ccccc1N1CCN(S(=O)(=O)c2ccc3c(c2)C(C)(C)CC(=O)N3)CC1. The maximum absolute atomic E-state index is 13.3. The predicted octanol–water partition coefficient (Wildman–Crippen LogP) is 2.83. The van der Waals surface area contributed by atoms with Gasteiger partial charge in [-0.1, -0.05) is 26.0 Å². The minimum absolute atomic E-state index is 0.0458. The number of fused-ring (bicyclic) bond motifs is 1. The number of nitrogens with one attached hydrogen (secondary N) is 1. The molecule has 0 atom stereocenters. The number of hydrogen-bond donors (Lipinski definition) is 1. The van der Waals surface area contributed by atoms with E-state index in [0.717, 1.165) is 17.0 Å². The number of anilines is 2. The molecule has 0 aliphatic carbocycles. The minimum atomic E-state index is -3.62. The molecule has 0 saturated carbocycles. The van der Waals surface area contributed by atoms with Gasteiger partial charge in [0.15, 0.2) is 0 Å². The lowest BCUT2D eigenvalue weighted by Crippen LogP contribution is -2.48.